The van der Waals surface area contributed by atoms with Crippen molar-refractivity contribution in [2.45, 2.75) is 6.92 Å². The molecule has 0 heterocycles. The van der Waals surface area contributed by atoms with Gasteiger partial charge in [-0.2, -0.15) is 0 Å². The molecule has 7 heavy (non-hydrogen) atoms. The van der Waals surface area contributed by atoms with E-state index < -0.39 is 0 Å². The SMILES string of the molecule is CCNPCCN. The third-order valence-corrected chi connectivity index (χ3v) is 1.71. The molecule has 0 aromatic carbocycles. The Morgan fingerprint density at radius 3 is 2.86 bits per heavy atom. The summed E-state index contributed by atoms with van der Waals surface area (Å²) in [6.07, 6.45) is 1.12. The van der Waals surface area contributed by atoms with Gasteiger partial charge in [-0.1, -0.05) is 15.7 Å². The Morgan fingerprint density at radius 1 is 1.71 bits per heavy atom. The molecule has 0 aliphatic carbocycles. The smallest absolute Gasteiger partial charge is 0.00284 e. The summed E-state index contributed by atoms with van der Waals surface area (Å²) >= 11 is 0. The molecule has 0 spiro atoms. The molecule has 0 rings (SSSR count). The van der Waals surface area contributed by atoms with Crippen molar-refractivity contribution < 1.29 is 0 Å². The molecule has 0 aliphatic rings. The zero-order valence-corrected chi connectivity index (χ0v) is 5.70. The van der Waals surface area contributed by atoms with Crippen molar-refractivity contribution in [3.63, 3.8) is 0 Å². The van der Waals surface area contributed by atoms with Gasteiger partial charge in [0.2, 0.25) is 0 Å². The molecule has 1 atom stereocenters. The van der Waals surface area contributed by atoms with Gasteiger partial charge in [-0.15, -0.1) is 0 Å². The fraction of sp³-hybridized carbons (Fsp3) is 1.00. The van der Waals surface area contributed by atoms with Crippen LogP contribution in [0.1, 0.15) is 6.92 Å². The molecule has 3 N–H and O–H groups in total. The van der Waals surface area contributed by atoms with Gasteiger partial charge in [0.25, 0.3) is 0 Å². The third kappa shape index (κ3) is 6.35. The fourth-order valence-corrected chi connectivity index (χ4v) is 0.857. The van der Waals surface area contributed by atoms with E-state index >= 15 is 0 Å². The highest BCUT2D eigenvalue weighted by Gasteiger charge is 1.77. The summed E-state index contributed by atoms with van der Waals surface area (Å²) in [6.45, 7) is 3.98. The minimum absolute atomic E-state index is 0.811. The first-order valence-electron chi connectivity index (χ1n) is 2.57. The first-order chi connectivity index (χ1) is 3.41. The minimum atomic E-state index is 0.811. The lowest BCUT2D eigenvalue weighted by molar-refractivity contribution is 1.01. The second kappa shape index (κ2) is 6.35. The summed E-state index contributed by atoms with van der Waals surface area (Å²) in [5, 5.41) is 3.20. The van der Waals surface area contributed by atoms with E-state index in [-0.39, 0.29) is 0 Å². The molecule has 0 aliphatic heterocycles. The van der Waals surface area contributed by atoms with Gasteiger partial charge in [0, 0.05) is 0 Å². The van der Waals surface area contributed by atoms with Crippen LogP contribution in [0.25, 0.3) is 0 Å². The highest BCUT2D eigenvalue weighted by atomic mass is 31.1. The fourth-order valence-electron chi connectivity index (χ4n) is 0.286. The minimum Gasteiger partial charge on any atom is -0.330 e. The third-order valence-electron chi connectivity index (χ3n) is 0.571. The maximum Gasteiger partial charge on any atom is -0.00284 e. The van der Waals surface area contributed by atoms with E-state index in [9.17, 15) is 0 Å². The maximum atomic E-state index is 5.24. The van der Waals surface area contributed by atoms with Crippen LogP contribution in [-0.4, -0.2) is 19.3 Å². The maximum absolute atomic E-state index is 5.24. The second-order valence-corrected chi connectivity index (χ2v) is 2.45. The van der Waals surface area contributed by atoms with Crippen molar-refractivity contribution in [1.29, 1.82) is 0 Å². The number of rotatable bonds is 4. The molecule has 2 nitrogen and oxygen atoms in total. The average molecular weight is 120 g/mol. The van der Waals surface area contributed by atoms with Gasteiger partial charge in [-0.25, -0.2) is 0 Å². The molecule has 0 fully saturated rings. The molecule has 0 aromatic heterocycles. The molecule has 1 unspecified atom stereocenters. The molecule has 0 aromatic rings. The standard InChI is InChI=1S/C4H13N2P/c1-2-6-7-4-3-5/h6-7H,2-5H2,1H3. The van der Waals surface area contributed by atoms with Gasteiger partial charge in [-0.3, -0.25) is 5.09 Å². The summed E-state index contributed by atoms with van der Waals surface area (Å²) in [7, 11) is 0.857. The van der Waals surface area contributed by atoms with Crippen LogP contribution in [0.2, 0.25) is 0 Å². The number of hydrogen-bond acceptors (Lipinski definition) is 2. The van der Waals surface area contributed by atoms with Gasteiger partial charge in [0.15, 0.2) is 0 Å². The normalized spacial score (nSPS) is 11.1. The van der Waals surface area contributed by atoms with Gasteiger partial charge in [-0.05, 0) is 19.3 Å². The van der Waals surface area contributed by atoms with E-state index in [0.29, 0.717) is 0 Å². The average Bonchev–Trinajstić information content (AvgIpc) is 1.69. The van der Waals surface area contributed by atoms with Crippen LogP contribution >= 0.6 is 8.73 Å². The predicted molar refractivity (Wildman–Crippen MR) is 35.9 cm³/mol. The second-order valence-electron chi connectivity index (χ2n) is 1.25. The number of nitrogens with one attached hydrogen (secondary N) is 1. The summed E-state index contributed by atoms with van der Waals surface area (Å²) in [5.74, 6) is 0. The van der Waals surface area contributed by atoms with Crippen molar-refractivity contribution in [1.82, 2.24) is 5.09 Å². The summed E-state index contributed by atoms with van der Waals surface area (Å²) in [4.78, 5) is 0. The first kappa shape index (κ1) is 7.35. The Balaban J connectivity index is 2.45. The van der Waals surface area contributed by atoms with E-state index in [0.717, 1.165) is 28.0 Å². The Labute approximate surface area is 46.7 Å². The Kier molecular flexibility index (Phi) is 6.67. The lowest BCUT2D eigenvalue weighted by Gasteiger charge is -1.95. The van der Waals surface area contributed by atoms with E-state index in [1.54, 1.807) is 0 Å². The van der Waals surface area contributed by atoms with E-state index in [1.165, 1.54) is 0 Å². The quantitative estimate of drug-likeness (QED) is 0.409. The van der Waals surface area contributed by atoms with Crippen LogP contribution in [-0.2, 0) is 0 Å². The van der Waals surface area contributed by atoms with Crippen LogP contribution in [0.4, 0.5) is 0 Å². The zero-order chi connectivity index (χ0) is 5.54. The molecule has 0 saturated carbocycles. The van der Waals surface area contributed by atoms with E-state index in [1.807, 2.05) is 0 Å². The lowest BCUT2D eigenvalue weighted by atomic mass is 10.8. The molecular weight excluding hydrogens is 107 g/mol. The Bertz CT molecular complexity index is 28.9. The van der Waals surface area contributed by atoms with Crippen molar-refractivity contribution in [2.24, 2.45) is 5.73 Å². The highest BCUT2D eigenvalue weighted by molar-refractivity contribution is 7.35. The van der Waals surface area contributed by atoms with E-state index in [4.69, 9.17) is 5.73 Å². The van der Waals surface area contributed by atoms with Crippen LogP contribution in [0.15, 0.2) is 0 Å². The zero-order valence-electron chi connectivity index (χ0n) is 4.70. The molecule has 3 heteroatoms. The molecule has 0 saturated heterocycles. The monoisotopic (exact) mass is 120 g/mol. The van der Waals surface area contributed by atoms with Crippen LogP contribution in [0, 0.1) is 0 Å². The Morgan fingerprint density at radius 2 is 2.43 bits per heavy atom. The van der Waals surface area contributed by atoms with Crippen molar-refractivity contribution in [3.8, 4) is 0 Å². The van der Waals surface area contributed by atoms with Crippen molar-refractivity contribution in [2.75, 3.05) is 19.3 Å². The molecule has 0 bridgehead atoms. The van der Waals surface area contributed by atoms with Gasteiger partial charge >= 0.3 is 0 Å². The van der Waals surface area contributed by atoms with Crippen LogP contribution < -0.4 is 10.8 Å². The van der Waals surface area contributed by atoms with Gasteiger partial charge in [0.1, 0.15) is 0 Å². The Hall–Kier alpha value is 0.350. The molecular formula is C4H13N2P. The predicted octanol–water partition coefficient (Wildman–Crippen LogP) is 0.148. The molecule has 0 radical (unpaired) electrons. The first-order valence-corrected chi connectivity index (χ1v) is 3.78. The van der Waals surface area contributed by atoms with Gasteiger partial charge in [0.05, 0.1) is 0 Å². The van der Waals surface area contributed by atoms with Crippen molar-refractivity contribution in [3.05, 3.63) is 0 Å². The lowest BCUT2D eigenvalue weighted by Crippen LogP contribution is -2.06. The van der Waals surface area contributed by atoms with Crippen LogP contribution in [0.3, 0.4) is 0 Å². The number of nitrogens with two attached hydrogens (primary N) is 1. The summed E-state index contributed by atoms with van der Waals surface area (Å²) in [6, 6.07) is 0. The largest absolute Gasteiger partial charge is 0.330 e. The topological polar surface area (TPSA) is 38.0 Å². The molecule has 44 valence electrons. The summed E-state index contributed by atoms with van der Waals surface area (Å²) in [5.41, 5.74) is 5.24. The number of hydrogen-bond donors (Lipinski definition) is 2. The molecule has 0 amide bonds. The summed E-state index contributed by atoms with van der Waals surface area (Å²) < 4.78 is 0. The van der Waals surface area contributed by atoms with Crippen LogP contribution in [0.5, 0.6) is 0 Å². The highest BCUT2D eigenvalue weighted by Crippen LogP contribution is 1.97. The van der Waals surface area contributed by atoms with Gasteiger partial charge < -0.3 is 5.73 Å². The van der Waals surface area contributed by atoms with E-state index in [2.05, 4.69) is 12.0 Å². The van der Waals surface area contributed by atoms with Crippen molar-refractivity contribution >= 4 is 8.73 Å².